The van der Waals surface area contributed by atoms with Crippen molar-refractivity contribution >= 4 is 35.3 Å². The number of rotatable bonds is 14. The third kappa shape index (κ3) is 9.79. The molecule has 3 aliphatic heterocycles. The van der Waals surface area contributed by atoms with Crippen molar-refractivity contribution in [3.05, 3.63) is 35.9 Å². The number of ether oxygens (including phenoxy) is 3. The van der Waals surface area contributed by atoms with Crippen LogP contribution >= 0.6 is 0 Å². The molecule has 6 rings (SSSR count). The Labute approximate surface area is 317 Å². The van der Waals surface area contributed by atoms with Gasteiger partial charge >= 0.3 is 6.09 Å². The first kappa shape index (κ1) is 39.6. The first-order chi connectivity index (χ1) is 25.9. The van der Waals surface area contributed by atoms with Gasteiger partial charge in [0.15, 0.2) is 11.7 Å². The molecule has 2 aliphatic carbocycles. The number of hydrogen-bond donors (Lipinski definition) is 3. The SMILES string of the molecule is CCC[C@H](NC(=O)[C@@H]1C[C@]2(CC(C(=O)c3ccccc3)=NO2)CN1C(=O)[C@@H](NC(=O)O[C@H]1CCOC1)C(C)(C)C)C(OC1CCCCC1)C(=O)NC1CC1. The lowest BCUT2D eigenvalue weighted by Crippen LogP contribution is -2.60. The Morgan fingerprint density at radius 1 is 0.981 bits per heavy atom. The Hall–Kier alpha value is -4.04. The van der Waals surface area contributed by atoms with Crippen molar-refractivity contribution in [3.8, 4) is 0 Å². The van der Waals surface area contributed by atoms with E-state index in [2.05, 4.69) is 21.1 Å². The lowest BCUT2D eigenvalue weighted by atomic mass is 9.85. The molecule has 0 bridgehead atoms. The summed E-state index contributed by atoms with van der Waals surface area (Å²) < 4.78 is 17.4. The molecule has 1 unspecified atom stereocenters. The number of Topliss-reactive ketones (excluding diaryl/α,β-unsaturated/α-hetero) is 1. The first-order valence-corrected chi connectivity index (χ1v) is 19.8. The van der Waals surface area contributed by atoms with E-state index in [1.54, 1.807) is 24.3 Å². The van der Waals surface area contributed by atoms with E-state index in [1.165, 1.54) is 4.90 Å². The summed E-state index contributed by atoms with van der Waals surface area (Å²) in [6.07, 6.45) is 6.38. The van der Waals surface area contributed by atoms with Gasteiger partial charge in [0.2, 0.25) is 17.6 Å². The van der Waals surface area contributed by atoms with Crippen LogP contribution in [0.3, 0.4) is 0 Å². The predicted molar refractivity (Wildman–Crippen MR) is 199 cm³/mol. The molecule has 296 valence electrons. The van der Waals surface area contributed by atoms with Crippen LogP contribution in [0.2, 0.25) is 0 Å². The van der Waals surface area contributed by atoms with Crippen molar-refractivity contribution in [1.29, 1.82) is 0 Å². The first-order valence-electron chi connectivity index (χ1n) is 19.8. The minimum Gasteiger partial charge on any atom is -0.444 e. The number of carbonyl (C=O) groups is 5. The summed E-state index contributed by atoms with van der Waals surface area (Å²) in [7, 11) is 0. The third-order valence-electron chi connectivity index (χ3n) is 11.0. The highest BCUT2D eigenvalue weighted by Gasteiger charge is 2.56. The summed E-state index contributed by atoms with van der Waals surface area (Å²) in [5.41, 5.74) is -1.30. The van der Waals surface area contributed by atoms with Gasteiger partial charge < -0.3 is 39.9 Å². The number of benzene rings is 1. The smallest absolute Gasteiger partial charge is 0.408 e. The van der Waals surface area contributed by atoms with E-state index in [4.69, 9.17) is 19.0 Å². The molecule has 4 amide bonds. The van der Waals surface area contributed by atoms with Crippen LogP contribution in [0.25, 0.3) is 0 Å². The maximum absolute atomic E-state index is 14.7. The highest BCUT2D eigenvalue weighted by Crippen LogP contribution is 2.40. The molecule has 2 saturated heterocycles. The van der Waals surface area contributed by atoms with Crippen LogP contribution < -0.4 is 16.0 Å². The van der Waals surface area contributed by atoms with Gasteiger partial charge in [-0.15, -0.1) is 0 Å². The normalized spacial score (nSPS) is 26.0. The summed E-state index contributed by atoms with van der Waals surface area (Å²) in [4.78, 5) is 77.1. The molecule has 5 aliphatic rings. The third-order valence-corrected chi connectivity index (χ3v) is 11.0. The molecule has 14 heteroatoms. The van der Waals surface area contributed by atoms with E-state index in [9.17, 15) is 24.0 Å². The number of oxime groups is 1. The quantitative estimate of drug-likeness (QED) is 0.236. The second kappa shape index (κ2) is 17.2. The maximum atomic E-state index is 14.7. The number of alkyl carbamates (subject to hydrolysis) is 1. The molecular formula is C40H57N5O9. The molecule has 54 heavy (non-hydrogen) atoms. The van der Waals surface area contributed by atoms with Crippen molar-refractivity contribution in [2.24, 2.45) is 10.6 Å². The summed E-state index contributed by atoms with van der Waals surface area (Å²) >= 11 is 0. The minimum absolute atomic E-state index is 0.0433. The predicted octanol–water partition coefficient (Wildman–Crippen LogP) is 4.20. The van der Waals surface area contributed by atoms with Crippen LogP contribution in [-0.2, 0) is 33.4 Å². The van der Waals surface area contributed by atoms with Crippen LogP contribution in [0.1, 0.15) is 115 Å². The molecule has 0 aromatic heterocycles. The summed E-state index contributed by atoms with van der Waals surface area (Å²) in [6.45, 7) is 8.17. The second-order valence-electron chi connectivity index (χ2n) is 16.7. The molecule has 14 nitrogen and oxygen atoms in total. The Kier molecular flexibility index (Phi) is 12.6. The number of likely N-dealkylation sites (tertiary alicyclic amines) is 1. The van der Waals surface area contributed by atoms with Crippen molar-refractivity contribution in [1.82, 2.24) is 20.9 Å². The second-order valence-corrected chi connectivity index (χ2v) is 16.7. The lowest BCUT2D eigenvalue weighted by molar-refractivity contribution is -0.146. The zero-order valence-electron chi connectivity index (χ0n) is 32.1. The van der Waals surface area contributed by atoms with Crippen LogP contribution in [0.4, 0.5) is 4.79 Å². The van der Waals surface area contributed by atoms with Crippen LogP contribution in [0.15, 0.2) is 35.5 Å². The number of amides is 4. The maximum Gasteiger partial charge on any atom is 0.408 e. The van der Waals surface area contributed by atoms with Gasteiger partial charge in [0.25, 0.3) is 5.91 Å². The molecule has 1 spiro atoms. The van der Waals surface area contributed by atoms with Gasteiger partial charge in [-0.1, -0.05) is 88.9 Å². The Morgan fingerprint density at radius 3 is 2.37 bits per heavy atom. The largest absolute Gasteiger partial charge is 0.444 e. The summed E-state index contributed by atoms with van der Waals surface area (Å²) in [5, 5.41) is 13.2. The molecule has 2 saturated carbocycles. The van der Waals surface area contributed by atoms with Crippen LogP contribution in [-0.4, -0.2) is 108 Å². The molecule has 3 heterocycles. The highest BCUT2D eigenvalue weighted by atomic mass is 16.7. The molecule has 6 atom stereocenters. The van der Waals surface area contributed by atoms with E-state index in [1.807, 2.05) is 33.8 Å². The van der Waals surface area contributed by atoms with E-state index in [0.29, 0.717) is 31.4 Å². The molecule has 0 radical (unpaired) electrons. The molecule has 1 aromatic rings. The fraction of sp³-hybridized carbons (Fsp3) is 0.700. The highest BCUT2D eigenvalue weighted by molar-refractivity contribution is 6.46. The van der Waals surface area contributed by atoms with Crippen molar-refractivity contribution in [2.45, 2.75) is 153 Å². The molecule has 3 N–H and O–H groups in total. The van der Waals surface area contributed by atoms with E-state index in [-0.39, 0.29) is 55.5 Å². The van der Waals surface area contributed by atoms with Gasteiger partial charge in [0, 0.05) is 30.9 Å². The van der Waals surface area contributed by atoms with Gasteiger partial charge in [-0.2, -0.15) is 0 Å². The Bertz CT molecular complexity index is 1550. The van der Waals surface area contributed by atoms with Gasteiger partial charge in [0.05, 0.1) is 31.9 Å². The number of carbonyl (C=O) groups excluding carboxylic acids is 5. The number of ketones is 1. The van der Waals surface area contributed by atoms with Crippen LogP contribution in [0.5, 0.6) is 0 Å². The molecular weight excluding hydrogens is 694 g/mol. The van der Waals surface area contributed by atoms with Gasteiger partial charge in [0.1, 0.15) is 23.9 Å². The van der Waals surface area contributed by atoms with E-state index < -0.39 is 59.3 Å². The van der Waals surface area contributed by atoms with Gasteiger partial charge in [-0.05, 0) is 37.5 Å². The Balaban J connectivity index is 1.25. The zero-order chi connectivity index (χ0) is 38.5. The average molecular weight is 752 g/mol. The van der Waals surface area contributed by atoms with Gasteiger partial charge in [-0.3, -0.25) is 19.2 Å². The van der Waals surface area contributed by atoms with Crippen LogP contribution in [0, 0.1) is 5.41 Å². The standard InChI is InChI=1S/C40H57N5O9/c1-5-12-29(33(36(48)41-26-17-18-26)52-27-15-10-7-11-16-27)42-35(47)31-22-40(21-30(44-54-40)32(46)25-13-8-6-9-14-25)24-45(31)37(49)34(39(2,3)4)43-38(50)53-28-19-20-51-23-28/h6,8-9,13-14,26-29,31,33-34H,5,7,10-12,15-24H2,1-4H3,(H,41,48)(H,42,47)(H,43,50)/t28-,29-,31-,33?,34+,40+/m0/s1. The summed E-state index contributed by atoms with van der Waals surface area (Å²) in [6, 6.07) is 6.06. The fourth-order valence-corrected chi connectivity index (χ4v) is 7.88. The topological polar surface area (TPSA) is 174 Å². The molecule has 1 aromatic carbocycles. The summed E-state index contributed by atoms with van der Waals surface area (Å²) in [5.74, 6) is -1.50. The Morgan fingerprint density at radius 2 is 1.72 bits per heavy atom. The zero-order valence-corrected chi connectivity index (χ0v) is 32.1. The average Bonchev–Trinajstić information content (AvgIpc) is 3.48. The number of nitrogens with one attached hydrogen (secondary N) is 3. The number of hydrogen-bond acceptors (Lipinski definition) is 10. The molecule has 4 fully saturated rings. The monoisotopic (exact) mass is 751 g/mol. The minimum atomic E-state index is -1.16. The van der Waals surface area contributed by atoms with E-state index in [0.717, 1.165) is 44.9 Å². The van der Waals surface area contributed by atoms with Crippen molar-refractivity contribution < 1.29 is 43.0 Å². The fourth-order valence-electron chi connectivity index (χ4n) is 7.88. The number of nitrogens with zero attached hydrogens (tertiary/aromatic N) is 2. The van der Waals surface area contributed by atoms with E-state index >= 15 is 0 Å². The van der Waals surface area contributed by atoms with Crippen molar-refractivity contribution in [2.75, 3.05) is 19.8 Å². The van der Waals surface area contributed by atoms with Gasteiger partial charge in [-0.25, -0.2) is 4.79 Å². The van der Waals surface area contributed by atoms with Crippen molar-refractivity contribution in [3.63, 3.8) is 0 Å². The lowest BCUT2D eigenvalue weighted by Gasteiger charge is -2.36.